The van der Waals surface area contributed by atoms with E-state index in [0.717, 1.165) is 45.2 Å². The molecule has 118 valence electrons. The molecule has 0 saturated carbocycles. The van der Waals surface area contributed by atoms with Crippen LogP contribution in [0.25, 0.3) is 11.1 Å². The molecule has 0 radical (unpaired) electrons. The Morgan fingerprint density at radius 1 is 0.364 bits per heavy atom. The molecule has 0 amide bonds. The summed E-state index contributed by atoms with van der Waals surface area (Å²) in [5, 5.41) is 0. The third-order valence-corrected chi connectivity index (χ3v) is 4.70. The van der Waals surface area contributed by atoms with Crippen molar-refractivity contribution in [2.75, 3.05) is 0 Å². The van der Waals surface area contributed by atoms with Crippen LogP contribution in [0.3, 0.4) is 0 Å². The van der Waals surface area contributed by atoms with Gasteiger partial charge in [-0.25, -0.2) is 35.1 Å². The van der Waals surface area contributed by atoms with Gasteiger partial charge >= 0.3 is 0 Å². The van der Waals surface area contributed by atoms with Gasteiger partial charge in [0.2, 0.25) is 0 Å². The van der Waals surface area contributed by atoms with Gasteiger partial charge in [0, 0.05) is 11.1 Å². The second-order valence-corrected chi connectivity index (χ2v) is 6.05. The van der Waals surface area contributed by atoms with Gasteiger partial charge in [-0.05, 0) is 45.2 Å². The van der Waals surface area contributed by atoms with E-state index in [9.17, 15) is 35.1 Å². The van der Waals surface area contributed by atoms with E-state index in [1.54, 1.807) is 0 Å². The van der Waals surface area contributed by atoms with E-state index in [1.165, 1.54) is 0 Å². The van der Waals surface area contributed by atoms with Gasteiger partial charge in [-0.2, -0.15) is 0 Å². The first-order valence-corrected chi connectivity index (χ1v) is 7.30. The van der Waals surface area contributed by atoms with E-state index in [1.807, 2.05) is 0 Å². The topological polar surface area (TPSA) is 0 Å². The minimum absolute atomic E-state index is 0.948. The maximum atomic E-state index is 13.8. The molecule has 0 atom stereocenters. The van der Waals surface area contributed by atoms with Gasteiger partial charge in [-0.15, -0.1) is 0 Å². The van der Waals surface area contributed by atoms with E-state index in [0.29, 0.717) is 0 Å². The summed E-state index contributed by atoms with van der Waals surface area (Å²) in [7, 11) is 0. The van der Waals surface area contributed by atoms with Crippen molar-refractivity contribution in [2.45, 2.75) is 0 Å². The Morgan fingerprint density at radius 3 is 0.864 bits per heavy atom. The molecule has 0 bridgehead atoms. The molecule has 0 aliphatic heterocycles. The number of rotatable bonds is 1. The number of halogens is 10. The fourth-order valence-electron chi connectivity index (χ4n) is 1.65. The molecule has 0 spiro atoms. The third-order valence-electron chi connectivity index (χ3n) is 2.67. The van der Waals surface area contributed by atoms with Crippen LogP contribution in [0.2, 0.25) is 0 Å². The smallest absolute Gasteiger partial charge is 0.198 e. The standard InChI is InChI=1S/C12F8I2/c13-3-1(11(21)9(19)7(17)5(3)15)2-4(14)6(16)8(18)10(20)12(2)22. The number of hydrogen-bond acceptors (Lipinski definition) is 0. The molecule has 2 aromatic carbocycles. The van der Waals surface area contributed by atoms with E-state index in [-0.39, 0.29) is 0 Å². The number of benzene rings is 2. The maximum absolute atomic E-state index is 13.8. The Bertz CT molecular complexity index is 677. The average molecular weight is 550 g/mol. The highest BCUT2D eigenvalue weighted by molar-refractivity contribution is 14.1. The molecule has 0 saturated heterocycles. The molecule has 2 aromatic rings. The van der Waals surface area contributed by atoms with Crippen molar-refractivity contribution in [3.8, 4) is 11.1 Å². The fourth-order valence-corrected chi connectivity index (χ4v) is 3.14. The van der Waals surface area contributed by atoms with E-state index < -0.39 is 64.8 Å². The molecule has 0 N–H and O–H groups in total. The summed E-state index contributed by atoms with van der Waals surface area (Å²) in [6, 6.07) is 0. The summed E-state index contributed by atoms with van der Waals surface area (Å²) < 4.78 is 105. The van der Waals surface area contributed by atoms with Gasteiger partial charge in [0.05, 0.1) is 7.14 Å². The Kier molecular flexibility index (Phi) is 4.90. The first-order valence-electron chi connectivity index (χ1n) is 5.14. The highest BCUT2D eigenvalue weighted by Gasteiger charge is 2.32. The zero-order valence-electron chi connectivity index (χ0n) is 9.78. The minimum atomic E-state index is -2.28. The van der Waals surface area contributed by atoms with Crippen molar-refractivity contribution in [3.63, 3.8) is 0 Å². The monoisotopic (exact) mass is 550 g/mol. The van der Waals surface area contributed by atoms with Gasteiger partial charge in [0.15, 0.2) is 46.5 Å². The molecule has 22 heavy (non-hydrogen) atoms. The highest BCUT2D eigenvalue weighted by Crippen LogP contribution is 2.39. The first kappa shape index (κ1) is 17.7. The summed E-state index contributed by atoms with van der Waals surface area (Å²) in [4.78, 5) is 0. The summed E-state index contributed by atoms with van der Waals surface area (Å²) in [5.41, 5.74) is -2.48. The molecule has 2 rings (SSSR count). The van der Waals surface area contributed by atoms with E-state index in [2.05, 4.69) is 0 Å². The van der Waals surface area contributed by atoms with Gasteiger partial charge < -0.3 is 0 Å². The zero-order valence-corrected chi connectivity index (χ0v) is 14.1. The molecule has 10 heteroatoms. The molecule has 0 aromatic heterocycles. The normalized spacial score (nSPS) is 11.2. The second-order valence-electron chi connectivity index (χ2n) is 3.89. The van der Waals surface area contributed by atoms with Gasteiger partial charge in [-0.3, -0.25) is 0 Å². The molecule has 0 aliphatic carbocycles. The minimum Gasteiger partial charge on any atom is -0.203 e. The van der Waals surface area contributed by atoms with Gasteiger partial charge in [-0.1, -0.05) is 0 Å². The second kappa shape index (κ2) is 6.09. The van der Waals surface area contributed by atoms with E-state index in [4.69, 9.17) is 0 Å². The Morgan fingerprint density at radius 2 is 0.591 bits per heavy atom. The van der Waals surface area contributed by atoms with Crippen molar-refractivity contribution in [3.05, 3.63) is 53.7 Å². The Balaban J connectivity index is 3.03. The number of hydrogen-bond donors (Lipinski definition) is 0. The van der Waals surface area contributed by atoms with Crippen LogP contribution in [0.4, 0.5) is 35.1 Å². The van der Waals surface area contributed by atoms with Crippen LogP contribution in [0.5, 0.6) is 0 Å². The van der Waals surface area contributed by atoms with Crippen LogP contribution in [0.1, 0.15) is 0 Å². The van der Waals surface area contributed by atoms with Crippen LogP contribution >= 0.6 is 45.2 Å². The molecule has 0 fully saturated rings. The molecule has 0 unspecified atom stereocenters. The molecular weight excluding hydrogens is 550 g/mol. The maximum Gasteiger partial charge on any atom is 0.198 e. The zero-order chi connectivity index (χ0) is 16.9. The van der Waals surface area contributed by atoms with Crippen molar-refractivity contribution < 1.29 is 35.1 Å². The van der Waals surface area contributed by atoms with Crippen molar-refractivity contribution >= 4 is 45.2 Å². The van der Waals surface area contributed by atoms with Crippen molar-refractivity contribution in [1.29, 1.82) is 0 Å². The lowest BCUT2D eigenvalue weighted by atomic mass is 10.0. The van der Waals surface area contributed by atoms with Crippen LogP contribution in [0, 0.1) is 53.7 Å². The average Bonchev–Trinajstić information content (AvgIpc) is 2.50. The lowest BCUT2D eigenvalue weighted by molar-refractivity contribution is 0.401. The Labute approximate surface area is 144 Å². The summed E-state index contributed by atoms with van der Waals surface area (Å²) >= 11 is 2.02. The van der Waals surface area contributed by atoms with E-state index >= 15 is 0 Å². The highest BCUT2D eigenvalue weighted by atomic mass is 127. The first-order chi connectivity index (χ1) is 10.1. The molecule has 0 heterocycles. The van der Waals surface area contributed by atoms with Crippen LogP contribution in [-0.2, 0) is 0 Å². The lowest BCUT2D eigenvalue weighted by Gasteiger charge is -2.13. The van der Waals surface area contributed by atoms with Gasteiger partial charge in [0.25, 0.3) is 0 Å². The fraction of sp³-hybridized carbons (Fsp3) is 0. The molecule has 0 nitrogen and oxygen atoms in total. The largest absolute Gasteiger partial charge is 0.203 e. The summed E-state index contributed by atoms with van der Waals surface area (Å²) in [6.07, 6.45) is 0. The van der Waals surface area contributed by atoms with Gasteiger partial charge in [0.1, 0.15) is 0 Å². The SMILES string of the molecule is Fc1c(F)c(F)c(-c2c(F)c(F)c(F)c(F)c2I)c(I)c1F. The van der Waals surface area contributed by atoms with Crippen molar-refractivity contribution in [2.24, 2.45) is 0 Å². The summed E-state index contributed by atoms with van der Waals surface area (Å²) in [5.74, 6) is -16.7. The third kappa shape index (κ3) is 2.47. The predicted molar refractivity (Wildman–Crippen MR) is 77.0 cm³/mol. The lowest BCUT2D eigenvalue weighted by Crippen LogP contribution is -2.09. The Hall–Kier alpha value is -0.660. The van der Waals surface area contributed by atoms with Crippen LogP contribution < -0.4 is 0 Å². The molecule has 0 aliphatic rings. The van der Waals surface area contributed by atoms with Crippen molar-refractivity contribution in [1.82, 2.24) is 0 Å². The predicted octanol–water partition coefficient (Wildman–Crippen LogP) is 5.68. The quantitative estimate of drug-likeness (QED) is 0.186. The van der Waals surface area contributed by atoms with Crippen LogP contribution in [-0.4, -0.2) is 0 Å². The summed E-state index contributed by atoms with van der Waals surface area (Å²) in [6.45, 7) is 0. The molecular formula is C12F8I2. The van der Waals surface area contributed by atoms with Crippen LogP contribution in [0.15, 0.2) is 0 Å².